The van der Waals surface area contributed by atoms with Gasteiger partial charge in [0.1, 0.15) is 16.7 Å². The van der Waals surface area contributed by atoms with Gasteiger partial charge in [0, 0.05) is 11.3 Å². The highest BCUT2D eigenvalue weighted by Gasteiger charge is 2.11. The summed E-state index contributed by atoms with van der Waals surface area (Å²) >= 11 is 0. The van der Waals surface area contributed by atoms with E-state index in [9.17, 15) is 8.76 Å². The first-order valence-electron chi connectivity index (χ1n) is 9.28. The zero-order chi connectivity index (χ0) is 22.0. The Morgan fingerprint density at radius 3 is 2.52 bits per heavy atom. The van der Waals surface area contributed by atoms with Crippen LogP contribution in [0.5, 0.6) is 11.5 Å². The van der Waals surface area contributed by atoms with Crippen LogP contribution in [0, 0.1) is 0 Å². The van der Waals surface area contributed by atoms with E-state index in [1.165, 1.54) is 0 Å². The summed E-state index contributed by atoms with van der Waals surface area (Å²) in [7, 11) is -0.189. The van der Waals surface area contributed by atoms with Crippen molar-refractivity contribution in [3.05, 3.63) is 60.8 Å². The number of nitrogens with one attached hydrogen (secondary N) is 2. The third-order valence-corrected chi connectivity index (χ3v) is 5.09. The van der Waals surface area contributed by atoms with Gasteiger partial charge in [-0.05, 0) is 48.5 Å². The Bertz CT molecular complexity index is 1280. The number of rotatable bonds is 7. The second kappa shape index (κ2) is 8.25. The number of hydrogen-bond acceptors (Lipinski definition) is 7. The lowest BCUT2D eigenvalue weighted by atomic mass is 10.1. The van der Waals surface area contributed by atoms with Crippen LogP contribution in [0.2, 0.25) is 0 Å². The van der Waals surface area contributed by atoms with E-state index in [1.807, 2.05) is 36.4 Å². The van der Waals surface area contributed by atoms with E-state index in [1.54, 1.807) is 43.1 Å². The van der Waals surface area contributed by atoms with Crippen LogP contribution in [0.3, 0.4) is 0 Å². The molecule has 0 aliphatic heterocycles. The van der Waals surface area contributed by atoms with Crippen LogP contribution >= 0.6 is 0 Å². The molecule has 4 aromatic rings. The monoisotopic (exact) mass is 439 g/mol. The normalized spacial score (nSPS) is 12.9. The molecule has 0 saturated carbocycles. The van der Waals surface area contributed by atoms with Crippen LogP contribution < -0.4 is 19.5 Å². The lowest BCUT2D eigenvalue weighted by molar-refractivity contribution is 0.355. The number of fused-ring (bicyclic) bond motifs is 1. The molecule has 0 aliphatic carbocycles. The molecule has 10 heteroatoms. The molecule has 2 N–H and O–H groups in total. The lowest BCUT2D eigenvalue weighted by Gasteiger charge is -2.13. The fourth-order valence-corrected chi connectivity index (χ4v) is 3.69. The van der Waals surface area contributed by atoms with Gasteiger partial charge in [-0.3, -0.25) is 0 Å². The zero-order valence-electron chi connectivity index (χ0n) is 17.2. The minimum atomic E-state index is -3.36. The molecule has 2 aromatic heterocycles. The summed E-state index contributed by atoms with van der Waals surface area (Å²) in [6.07, 6.45) is 2.77. The van der Waals surface area contributed by atoms with E-state index in [4.69, 9.17) is 14.6 Å². The van der Waals surface area contributed by atoms with Crippen molar-refractivity contribution < 1.29 is 18.2 Å². The Hall–Kier alpha value is -3.63. The fraction of sp³-hybridized carbons (Fsp3) is 0.143. The predicted octanol–water partition coefficient (Wildman–Crippen LogP) is 3.74. The van der Waals surface area contributed by atoms with Gasteiger partial charge in [-0.2, -0.15) is 9.61 Å². The Labute approximate surface area is 180 Å². The molecule has 2 aromatic carbocycles. The Morgan fingerprint density at radius 1 is 1.00 bits per heavy atom. The zero-order valence-corrected chi connectivity index (χ0v) is 18.0. The van der Waals surface area contributed by atoms with Gasteiger partial charge in [0.25, 0.3) is 0 Å². The molecule has 0 aliphatic rings. The van der Waals surface area contributed by atoms with E-state index in [2.05, 4.69) is 15.0 Å². The fourth-order valence-electron chi connectivity index (χ4n) is 3.13. The summed E-state index contributed by atoms with van der Waals surface area (Å²) in [6.45, 7) is 0. The molecule has 160 valence electrons. The van der Waals surface area contributed by atoms with Crippen molar-refractivity contribution in [3.8, 4) is 22.8 Å². The van der Waals surface area contributed by atoms with Crippen LogP contribution in [-0.4, -0.2) is 39.6 Å². The van der Waals surface area contributed by atoms with E-state index in [-0.39, 0.29) is 0 Å². The number of nitrogens with zero attached hydrogens (tertiary/aromatic N) is 3. The second-order valence-electron chi connectivity index (χ2n) is 6.78. The van der Waals surface area contributed by atoms with E-state index in [0.29, 0.717) is 34.3 Å². The highest BCUT2D eigenvalue weighted by atomic mass is 32.3. The van der Waals surface area contributed by atoms with Crippen molar-refractivity contribution >= 4 is 33.2 Å². The number of benzene rings is 2. The topological polar surface area (TPSA) is 113 Å². The number of sulfonamides is 1. The van der Waals surface area contributed by atoms with Gasteiger partial charge in [-0.1, -0.05) is 10.3 Å². The predicted molar refractivity (Wildman–Crippen MR) is 120 cm³/mol. The molecule has 0 bridgehead atoms. The number of hydrogen-bond donors (Lipinski definition) is 2. The highest BCUT2D eigenvalue weighted by Crippen LogP contribution is 2.32. The average Bonchev–Trinajstić information content (AvgIpc) is 3.14. The van der Waals surface area contributed by atoms with Crippen molar-refractivity contribution in [1.29, 1.82) is 0 Å². The Kier molecular flexibility index (Phi) is 5.49. The van der Waals surface area contributed by atoms with Gasteiger partial charge in [0.2, 0.25) is 0 Å². The molecule has 2 heterocycles. The first kappa shape index (κ1) is 20.6. The second-order valence-corrected chi connectivity index (χ2v) is 8.53. The van der Waals surface area contributed by atoms with E-state index in [0.717, 1.165) is 17.5 Å². The van der Waals surface area contributed by atoms with Crippen LogP contribution in [0.1, 0.15) is 0 Å². The first-order valence-corrected chi connectivity index (χ1v) is 11.2. The smallest absolute Gasteiger partial charge is 0.161 e. The number of anilines is 3. The van der Waals surface area contributed by atoms with Crippen LogP contribution in [0.25, 0.3) is 16.9 Å². The van der Waals surface area contributed by atoms with Gasteiger partial charge in [0.05, 0.1) is 31.8 Å². The summed E-state index contributed by atoms with van der Waals surface area (Å²) in [5, 5.41) is 7.93. The number of aromatic nitrogens is 3. The summed E-state index contributed by atoms with van der Waals surface area (Å²) in [4.78, 5) is 4.37. The maximum absolute atomic E-state index is 11.5. The van der Waals surface area contributed by atoms with Crippen LogP contribution in [0.4, 0.5) is 17.2 Å². The molecule has 9 nitrogen and oxygen atoms in total. The number of methoxy groups -OCH3 is 2. The molecular weight excluding hydrogens is 418 g/mol. The van der Waals surface area contributed by atoms with Crippen molar-refractivity contribution in [2.45, 2.75) is 0 Å². The molecule has 0 radical (unpaired) electrons. The minimum absolute atomic E-state index is 0.459. The third-order valence-electron chi connectivity index (χ3n) is 4.48. The largest absolute Gasteiger partial charge is 0.593 e. The van der Waals surface area contributed by atoms with Crippen LogP contribution in [0.15, 0.2) is 60.8 Å². The van der Waals surface area contributed by atoms with Crippen molar-refractivity contribution in [2.24, 2.45) is 0 Å². The Morgan fingerprint density at radius 2 is 1.77 bits per heavy atom. The Balaban J connectivity index is 1.67. The summed E-state index contributed by atoms with van der Waals surface area (Å²) in [6, 6.07) is 16.3. The SMILES string of the molecule is COc1ccc(-c2ccc3ncc(Nc4cccc(N[S+](C)(=O)[O-])c4)n3n2)cc1OC. The molecular formula is C21H21N5O4S. The first-order chi connectivity index (χ1) is 14.9. The lowest BCUT2D eigenvalue weighted by Crippen LogP contribution is -2.17. The molecule has 0 amide bonds. The molecule has 4 rings (SSSR count). The van der Waals surface area contributed by atoms with E-state index >= 15 is 0 Å². The minimum Gasteiger partial charge on any atom is -0.593 e. The van der Waals surface area contributed by atoms with Crippen LogP contribution in [-0.2, 0) is 14.6 Å². The molecule has 31 heavy (non-hydrogen) atoms. The quantitative estimate of drug-likeness (QED) is 0.422. The maximum atomic E-state index is 11.5. The summed E-state index contributed by atoms with van der Waals surface area (Å²) in [5.41, 5.74) is 3.40. The molecule has 0 spiro atoms. The average molecular weight is 439 g/mol. The van der Waals surface area contributed by atoms with Crippen molar-refractivity contribution in [2.75, 3.05) is 30.5 Å². The third kappa shape index (κ3) is 4.60. The van der Waals surface area contributed by atoms with Gasteiger partial charge in [-0.15, -0.1) is 0 Å². The highest BCUT2D eigenvalue weighted by molar-refractivity contribution is 7.98. The summed E-state index contributed by atoms with van der Waals surface area (Å²) in [5.74, 6) is 1.88. The van der Waals surface area contributed by atoms with Gasteiger partial charge in [-0.25, -0.2) is 9.71 Å². The molecule has 1 unspecified atom stereocenters. The van der Waals surface area contributed by atoms with Gasteiger partial charge < -0.3 is 19.3 Å². The molecule has 0 saturated heterocycles. The van der Waals surface area contributed by atoms with Gasteiger partial charge in [0.15, 0.2) is 23.0 Å². The van der Waals surface area contributed by atoms with Crippen molar-refractivity contribution in [3.63, 3.8) is 0 Å². The standard InChI is InChI=1S/C21H21N5O4S/c1-29-18-9-7-14(11-19(18)30-2)17-8-10-20-22-13-21(26(20)24-17)23-15-5-4-6-16(12-15)25-31(3,27)28/h4-13,23H,1-3H3,(H-,25,27,28). The number of ether oxygens (including phenoxy) is 2. The van der Waals surface area contributed by atoms with Gasteiger partial charge >= 0.3 is 0 Å². The molecule has 0 fully saturated rings. The number of imidazole rings is 1. The van der Waals surface area contributed by atoms with Crippen molar-refractivity contribution in [1.82, 2.24) is 14.6 Å². The molecule has 1 atom stereocenters. The van der Waals surface area contributed by atoms with E-state index < -0.39 is 10.4 Å². The summed E-state index contributed by atoms with van der Waals surface area (Å²) < 4.78 is 37.8. The maximum Gasteiger partial charge on any atom is 0.161 e.